The lowest BCUT2D eigenvalue weighted by Crippen LogP contribution is -2.02. The maximum absolute atomic E-state index is 5.33. The number of pyridine rings is 1. The first kappa shape index (κ1) is 7.97. The molecule has 2 rings (SSSR count). The van der Waals surface area contributed by atoms with Crippen molar-refractivity contribution in [2.75, 3.05) is 6.61 Å². The van der Waals surface area contributed by atoms with E-state index in [9.17, 15) is 0 Å². The summed E-state index contributed by atoms with van der Waals surface area (Å²) in [6.07, 6.45) is 1.74. The van der Waals surface area contributed by atoms with E-state index in [1.54, 1.807) is 6.20 Å². The zero-order chi connectivity index (χ0) is 8.39. The van der Waals surface area contributed by atoms with Crippen molar-refractivity contribution in [1.82, 2.24) is 4.98 Å². The largest absolute Gasteiger partial charge is 0.473 e. The lowest BCUT2D eigenvalue weighted by molar-refractivity contribution is 0.344. The molecule has 0 saturated heterocycles. The Balaban J connectivity index is 2.27. The highest BCUT2D eigenvalue weighted by molar-refractivity contribution is 14.1. The third-order valence-corrected chi connectivity index (χ3v) is 2.14. The van der Waals surface area contributed by atoms with E-state index in [1.165, 1.54) is 0 Å². The molecule has 0 bridgehead atoms. The van der Waals surface area contributed by atoms with Crippen LogP contribution in [0.15, 0.2) is 29.4 Å². The maximum atomic E-state index is 5.33. The van der Waals surface area contributed by atoms with Crippen LogP contribution in [0.3, 0.4) is 0 Å². The Morgan fingerprint density at radius 1 is 1.50 bits per heavy atom. The molecule has 0 spiro atoms. The van der Waals surface area contributed by atoms with Crippen molar-refractivity contribution in [3.05, 3.63) is 30.1 Å². The van der Waals surface area contributed by atoms with Crippen molar-refractivity contribution in [3.8, 4) is 0 Å². The second kappa shape index (κ2) is 3.38. The second-order valence-corrected chi connectivity index (χ2v) is 3.83. The summed E-state index contributed by atoms with van der Waals surface area (Å²) in [5.74, 6) is 0.662. The van der Waals surface area contributed by atoms with Crippen LogP contribution in [0.2, 0.25) is 0 Å². The van der Waals surface area contributed by atoms with Crippen LogP contribution in [0.4, 0.5) is 0 Å². The van der Waals surface area contributed by atoms with Gasteiger partial charge in [0.05, 0.1) is 0 Å². The van der Waals surface area contributed by atoms with Gasteiger partial charge in [-0.2, -0.15) is 0 Å². The molecule has 1 aromatic rings. The molecule has 1 aliphatic heterocycles. The van der Waals surface area contributed by atoms with Crippen molar-refractivity contribution in [1.29, 1.82) is 0 Å². The molecule has 4 heteroatoms. The molecule has 0 unspecified atom stereocenters. The predicted octanol–water partition coefficient (Wildman–Crippen LogP) is 1.62. The molecule has 0 amide bonds. The molecule has 0 N–H and O–H groups in total. The Hall–Kier alpha value is -0.650. The minimum Gasteiger partial charge on any atom is -0.473 e. The van der Waals surface area contributed by atoms with Crippen molar-refractivity contribution >= 4 is 28.5 Å². The molecule has 0 aromatic carbocycles. The Kier molecular flexibility index (Phi) is 2.25. The van der Waals surface area contributed by atoms with Gasteiger partial charge in [0.1, 0.15) is 16.3 Å². The SMILES string of the molecule is I[C@H]1COC(c2ccccn2)=N1. The van der Waals surface area contributed by atoms with E-state index in [0.717, 1.165) is 5.69 Å². The van der Waals surface area contributed by atoms with Gasteiger partial charge in [-0.05, 0) is 12.1 Å². The van der Waals surface area contributed by atoms with E-state index in [0.29, 0.717) is 12.5 Å². The number of aromatic nitrogens is 1. The highest BCUT2D eigenvalue weighted by Crippen LogP contribution is 2.14. The van der Waals surface area contributed by atoms with Crippen LogP contribution in [0, 0.1) is 0 Å². The van der Waals surface area contributed by atoms with E-state index < -0.39 is 0 Å². The molecule has 0 saturated carbocycles. The van der Waals surface area contributed by atoms with Crippen molar-refractivity contribution < 1.29 is 4.74 Å². The van der Waals surface area contributed by atoms with Crippen molar-refractivity contribution in [2.24, 2.45) is 4.99 Å². The summed E-state index contributed by atoms with van der Waals surface area (Å²) in [6, 6.07) is 5.70. The molecular weight excluding hydrogens is 267 g/mol. The fourth-order valence-corrected chi connectivity index (χ4v) is 1.41. The average Bonchev–Trinajstić information content (AvgIpc) is 2.54. The monoisotopic (exact) mass is 274 g/mol. The first-order chi connectivity index (χ1) is 5.86. The molecule has 2 heterocycles. The highest BCUT2D eigenvalue weighted by Gasteiger charge is 2.17. The highest BCUT2D eigenvalue weighted by atomic mass is 127. The summed E-state index contributed by atoms with van der Waals surface area (Å²) >= 11 is 2.23. The van der Waals surface area contributed by atoms with Gasteiger partial charge in [-0.3, -0.25) is 4.98 Å². The number of ether oxygens (including phenoxy) is 1. The van der Waals surface area contributed by atoms with Crippen LogP contribution in [-0.4, -0.2) is 21.5 Å². The normalized spacial score (nSPS) is 21.8. The Labute approximate surface area is 84.0 Å². The van der Waals surface area contributed by atoms with Gasteiger partial charge in [0.2, 0.25) is 5.90 Å². The van der Waals surface area contributed by atoms with Gasteiger partial charge in [0.15, 0.2) is 0 Å². The molecular formula is C8H7IN2O. The van der Waals surface area contributed by atoms with Gasteiger partial charge in [-0.15, -0.1) is 0 Å². The molecule has 3 nitrogen and oxygen atoms in total. The van der Waals surface area contributed by atoms with Crippen LogP contribution >= 0.6 is 22.6 Å². The summed E-state index contributed by atoms with van der Waals surface area (Å²) in [7, 11) is 0. The lowest BCUT2D eigenvalue weighted by atomic mass is 10.3. The summed E-state index contributed by atoms with van der Waals surface area (Å²) < 4.78 is 5.57. The first-order valence-corrected chi connectivity index (χ1v) is 4.87. The van der Waals surface area contributed by atoms with Crippen LogP contribution in [-0.2, 0) is 4.74 Å². The first-order valence-electron chi connectivity index (χ1n) is 3.62. The third-order valence-electron chi connectivity index (χ3n) is 1.50. The number of nitrogens with zero attached hydrogens (tertiary/aromatic N) is 2. The van der Waals surface area contributed by atoms with Crippen LogP contribution in [0.25, 0.3) is 0 Å². The lowest BCUT2D eigenvalue weighted by Gasteiger charge is -1.97. The summed E-state index contributed by atoms with van der Waals surface area (Å²) in [5.41, 5.74) is 0.816. The van der Waals surface area contributed by atoms with Crippen LogP contribution in [0.5, 0.6) is 0 Å². The number of aliphatic imine (C=N–C) groups is 1. The molecule has 1 aliphatic rings. The topological polar surface area (TPSA) is 34.5 Å². The Bertz CT molecular complexity index is 299. The van der Waals surface area contributed by atoms with Gasteiger partial charge >= 0.3 is 0 Å². The van der Waals surface area contributed by atoms with E-state index >= 15 is 0 Å². The molecule has 1 atom stereocenters. The molecule has 62 valence electrons. The predicted molar refractivity (Wildman–Crippen MR) is 54.5 cm³/mol. The zero-order valence-electron chi connectivity index (χ0n) is 6.27. The van der Waals surface area contributed by atoms with Gasteiger partial charge in [-0.25, -0.2) is 4.99 Å². The molecule has 0 fully saturated rings. The van der Waals surface area contributed by atoms with E-state index in [4.69, 9.17) is 4.74 Å². The van der Waals surface area contributed by atoms with Crippen molar-refractivity contribution in [2.45, 2.75) is 4.05 Å². The van der Waals surface area contributed by atoms with Crippen LogP contribution < -0.4 is 0 Å². The smallest absolute Gasteiger partial charge is 0.236 e. The van der Waals surface area contributed by atoms with E-state index in [-0.39, 0.29) is 4.05 Å². The summed E-state index contributed by atoms with van der Waals surface area (Å²) in [6.45, 7) is 0.659. The average molecular weight is 274 g/mol. The van der Waals surface area contributed by atoms with Crippen LogP contribution in [0.1, 0.15) is 5.69 Å². The fraction of sp³-hybridized carbons (Fsp3) is 0.250. The number of alkyl halides is 1. The van der Waals surface area contributed by atoms with Gasteiger partial charge in [0, 0.05) is 6.20 Å². The number of hydrogen-bond donors (Lipinski definition) is 0. The number of hydrogen-bond acceptors (Lipinski definition) is 3. The van der Waals surface area contributed by atoms with E-state index in [2.05, 4.69) is 32.6 Å². The van der Waals surface area contributed by atoms with E-state index in [1.807, 2.05) is 18.2 Å². The summed E-state index contributed by atoms with van der Waals surface area (Å²) in [4.78, 5) is 8.41. The fourth-order valence-electron chi connectivity index (χ4n) is 0.979. The maximum Gasteiger partial charge on any atom is 0.236 e. The second-order valence-electron chi connectivity index (χ2n) is 2.39. The third kappa shape index (κ3) is 1.57. The number of halogens is 1. The summed E-state index contributed by atoms with van der Waals surface area (Å²) in [5, 5.41) is 0. The molecule has 0 aliphatic carbocycles. The zero-order valence-corrected chi connectivity index (χ0v) is 8.43. The Morgan fingerprint density at radius 3 is 3.00 bits per heavy atom. The Morgan fingerprint density at radius 2 is 2.42 bits per heavy atom. The van der Waals surface area contributed by atoms with Gasteiger partial charge in [-0.1, -0.05) is 28.7 Å². The van der Waals surface area contributed by atoms with Gasteiger partial charge < -0.3 is 4.74 Å². The minimum atomic E-state index is 0.236. The number of rotatable bonds is 1. The molecule has 0 radical (unpaired) electrons. The van der Waals surface area contributed by atoms with Gasteiger partial charge in [0.25, 0.3) is 0 Å². The van der Waals surface area contributed by atoms with Crippen molar-refractivity contribution in [3.63, 3.8) is 0 Å². The molecule has 12 heavy (non-hydrogen) atoms. The standard InChI is InChI=1S/C8H7IN2O/c9-7-5-12-8(11-7)6-3-1-2-4-10-6/h1-4,7H,5H2/t7-/m1/s1. The minimum absolute atomic E-state index is 0.236. The molecule has 1 aromatic heterocycles. The quantitative estimate of drug-likeness (QED) is 0.443.